The maximum Gasteiger partial charge on any atom is 0.407 e. The number of pyridine rings is 1. The number of nitrogens with zero attached hydrogens (tertiary/aromatic N) is 17. The molecule has 0 radical (unpaired) electrons. The number of aromatic amines is 1. The number of hydrogen-bond donors (Lipinski definition) is 6. The predicted octanol–water partition coefficient (Wildman–Crippen LogP) is 8.33. The van der Waals surface area contributed by atoms with Crippen molar-refractivity contribution in [3.63, 3.8) is 0 Å². The lowest BCUT2D eigenvalue weighted by atomic mass is 9.80. The largest absolute Gasteiger partial charge is 0.459 e. The number of aliphatic hydroxyl groups is 2. The number of rotatable bonds is 17. The molecule has 6 aliphatic heterocycles. The number of amides is 4. The summed E-state index contributed by atoms with van der Waals surface area (Å²) in [7, 11) is 4.43. The van der Waals surface area contributed by atoms with Crippen molar-refractivity contribution in [2.75, 3.05) is 102 Å². The number of Topliss-reactive ketones (excluding diaryl/α,β-unsaturated/α-hetero) is 3. The van der Waals surface area contributed by atoms with Gasteiger partial charge in [-0.05, 0) is 150 Å². The van der Waals surface area contributed by atoms with Crippen molar-refractivity contribution >= 4 is 99.6 Å². The van der Waals surface area contributed by atoms with Crippen molar-refractivity contribution < 1.29 is 77.0 Å². The van der Waals surface area contributed by atoms with E-state index < -0.39 is 108 Å². The van der Waals surface area contributed by atoms with E-state index in [2.05, 4.69) is 74.0 Å². The maximum absolute atomic E-state index is 14.8. The number of methoxy groups -OCH3 is 3. The molecule has 0 unspecified atom stereocenters. The Morgan fingerprint density at radius 1 is 0.761 bits per heavy atom. The topological polar surface area (TPSA) is 464 Å². The Hall–Kier alpha value is -12.3. The molecular formula is C97H125N21O16. The molecule has 0 spiro atoms. The van der Waals surface area contributed by atoms with Gasteiger partial charge in [0, 0.05) is 202 Å². The van der Waals surface area contributed by atoms with Crippen LogP contribution in [0.5, 0.6) is 0 Å². The van der Waals surface area contributed by atoms with Gasteiger partial charge in [0.2, 0.25) is 23.6 Å². The number of aliphatic hydroxyl groups excluding tert-OH is 1. The molecule has 7 aromatic rings. The van der Waals surface area contributed by atoms with Crippen LogP contribution >= 0.6 is 0 Å². The standard InChI is InChI=1S/C97H125N21O16/c1-57-17-13-12-14-18-58(2)77(129-9)45-72-24-20-63(7)97(128,134-72)85(122)91(125)117-29-16-15-19-74(117)92(126)132-78(46-75(119)59(3)40-61(5)83(121)84(131-11)82(120)60(4)39-57)73(98)42-64-22-25-76(79(43-64)130-10)133-96(127)108-50-66-48-104-94(105-49-66)114-35-37-115(38-36-114)95-106-52-71(53-107-95)90(124)112-31-33-113(34-32-112)93(100-8)103-47-62(6)89(123)116-30-27-67-41-65(21-23-69(67)55-116)54-118-88-80(86(99)109-56-110-88)81(111-118)70-44-68-26-28-101-87(68)102-51-70/h12-14,17-18,21,23,26,28,40-41,44,47-49,51-53,56-57,59-60,63-64,72-74,76-79,83-84,121,128H,8,15-16,19-20,22,24-25,27,29-39,42-43,45-46,50,54-55,98H2,1-7,9-11H3,(H,101,102)(H,108,127)(H2,99,109,110)/b14-12+,17-13+,58-18+,61-40+,62-47+,103-93?/t57-,59-,60-,63-,64+,72+,73-,74+,76-,77+,78+,79-,83-,84+,97-/m1/s1. The van der Waals surface area contributed by atoms with Crippen LogP contribution in [-0.4, -0.2) is 287 Å². The molecule has 714 valence electrons. The molecule has 4 amide bonds. The minimum Gasteiger partial charge on any atom is -0.459 e. The Bertz CT molecular complexity index is 5600. The number of piperazine rings is 2. The zero-order valence-electron chi connectivity index (χ0n) is 78.0. The summed E-state index contributed by atoms with van der Waals surface area (Å²) < 4.78 is 37.8. The first-order valence-electron chi connectivity index (χ1n) is 46.4. The molecule has 5 fully saturated rings. The molecule has 14 rings (SSSR count). The van der Waals surface area contributed by atoms with Crippen molar-refractivity contribution in [2.45, 2.75) is 212 Å². The number of cyclic esters (lactones) is 1. The minimum absolute atomic E-state index is 0.00150. The number of fused-ring (bicyclic) bond motifs is 6. The SMILES string of the molecule is C=NC(=N/C=C(\C)C(=O)N1CCc2cc(Cn3nc(-c4cnc5[nH]ccc5c4)c4c(N)ncnc43)ccc2C1)N1CCN(C(=O)c2cnc(N3CCN(c4ncc(CNC(=O)O[C@@H]5CC[C@@H](C[C@@H](N)[C@@H]6CC(=O)[C@H](C)/C=C(\C)[C@@H](O)[C@@H](OC)C(=O)[C@H](C)C[C@H](C)/C=C/C=C/C=C(\C)[C@@H](OC)C[C@@H]7CC[C@@H](C)[C@@](O)(O7)C(=O)C(=O)N7CCCC[C@H]7C(=O)O6)C[C@H]5OC)cn4)CC3)nc2)CC1. The second-order valence-electron chi connectivity index (χ2n) is 36.5. The van der Waals surface area contributed by atoms with Gasteiger partial charge in [-0.2, -0.15) is 5.10 Å². The summed E-state index contributed by atoms with van der Waals surface area (Å²) in [6, 6.07) is 7.99. The number of piperidine rings is 1. The van der Waals surface area contributed by atoms with Crippen LogP contribution in [0.1, 0.15) is 158 Å². The van der Waals surface area contributed by atoms with Crippen LogP contribution in [0, 0.1) is 29.6 Å². The van der Waals surface area contributed by atoms with Gasteiger partial charge in [-0.1, -0.05) is 82.4 Å². The number of hydrogen-bond acceptors (Lipinski definition) is 29. The molecule has 2 bridgehead atoms. The van der Waals surface area contributed by atoms with E-state index in [0.717, 1.165) is 43.8 Å². The quantitative estimate of drug-likeness (QED) is 0.0124. The van der Waals surface area contributed by atoms with Gasteiger partial charge >= 0.3 is 12.1 Å². The van der Waals surface area contributed by atoms with Crippen LogP contribution < -0.4 is 26.6 Å². The average molecular weight is 1840 g/mol. The number of nitrogens with one attached hydrogen (secondary N) is 2. The van der Waals surface area contributed by atoms with Crippen LogP contribution in [0.2, 0.25) is 0 Å². The van der Waals surface area contributed by atoms with E-state index >= 15 is 0 Å². The molecular weight excluding hydrogens is 1720 g/mol. The van der Waals surface area contributed by atoms with Crippen molar-refractivity contribution in [3.05, 3.63) is 161 Å². The molecule has 6 aromatic heterocycles. The van der Waals surface area contributed by atoms with E-state index in [-0.39, 0.29) is 68.2 Å². The van der Waals surface area contributed by atoms with Gasteiger partial charge in [-0.3, -0.25) is 28.8 Å². The predicted molar refractivity (Wildman–Crippen MR) is 501 cm³/mol. The van der Waals surface area contributed by atoms with E-state index in [1.54, 1.807) is 83.7 Å². The highest BCUT2D eigenvalue weighted by Crippen LogP contribution is 2.40. The second kappa shape index (κ2) is 44.3. The van der Waals surface area contributed by atoms with Gasteiger partial charge in [-0.25, -0.2) is 59.1 Å². The Kier molecular flexibility index (Phi) is 32.3. The fourth-order valence-electron chi connectivity index (χ4n) is 19.1. The molecule has 1 aliphatic carbocycles. The van der Waals surface area contributed by atoms with Gasteiger partial charge in [0.1, 0.15) is 59.7 Å². The zero-order valence-corrected chi connectivity index (χ0v) is 78.0. The van der Waals surface area contributed by atoms with Gasteiger partial charge in [0.25, 0.3) is 23.5 Å². The molecule has 1 aromatic carbocycles. The first-order chi connectivity index (χ1) is 64.5. The summed E-state index contributed by atoms with van der Waals surface area (Å²) >= 11 is 0. The van der Waals surface area contributed by atoms with Gasteiger partial charge in [0.15, 0.2) is 11.4 Å². The number of aromatic nitrogens is 10. The van der Waals surface area contributed by atoms with E-state index in [4.69, 9.17) is 45.0 Å². The summed E-state index contributed by atoms with van der Waals surface area (Å²) in [5, 5.41) is 33.3. The van der Waals surface area contributed by atoms with E-state index in [0.29, 0.717) is 192 Å². The number of alkyl carbamates (subject to hydrolysis) is 1. The van der Waals surface area contributed by atoms with Gasteiger partial charge in [-0.15, -0.1) is 0 Å². The molecule has 37 nitrogen and oxygen atoms in total. The number of nitrogens with two attached hydrogens (primary N) is 2. The summed E-state index contributed by atoms with van der Waals surface area (Å²) in [6.45, 7) is 21.4. The van der Waals surface area contributed by atoms with E-state index in [9.17, 15) is 48.6 Å². The lowest BCUT2D eigenvalue weighted by Gasteiger charge is -2.42. The smallest absolute Gasteiger partial charge is 0.407 e. The fraction of sp³-hybridized carbons (Fsp3) is 0.526. The Labute approximate surface area is 779 Å². The number of esters is 1. The molecule has 7 aliphatic rings. The summed E-state index contributed by atoms with van der Waals surface area (Å²) in [6.07, 6.45) is 21.4. The number of ketones is 3. The number of carbonyl (C=O) groups excluding carboxylic acids is 8. The van der Waals surface area contributed by atoms with Crippen molar-refractivity contribution in [1.82, 2.24) is 74.6 Å². The highest BCUT2D eigenvalue weighted by atomic mass is 16.6. The summed E-state index contributed by atoms with van der Waals surface area (Å²) in [5.74, 6) is -7.50. The fourth-order valence-corrected chi connectivity index (χ4v) is 19.1. The number of allylic oxidation sites excluding steroid dienone is 6. The van der Waals surface area contributed by atoms with Crippen molar-refractivity contribution in [1.29, 1.82) is 0 Å². The van der Waals surface area contributed by atoms with Crippen LogP contribution in [-0.2, 0) is 83.2 Å². The number of ether oxygens (including phenoxy) is 6. The van der Waals surface area contributed by atoms with Crippen LogP contribution in [0.15, 0.2) is 143 Å². The molecule has 12 heterocycles. The zero-order chi connectivity index (χ0) is 95.2. The number of H-pyrrole nitrogens is 1. The van der Waals surface area contributed by atoms with E-state index in [1.807, 2.05) is 92.9 Å². The van der Waals surface area contributed by atoms with Crippen molar-refractivity contribution in [3.8, 4) is 11.3 Å². The third-order valence-electron chi connectivity index (χ3n) is 27.2. The van der Waals surface area contributed by atoms with Crippen LogP contribution in [0.4, 0.5) is 22.5 Å². The van der Waals surface area contributed by atoms with Crippen LogP contribution in [0.25, 0.3) is 33.3 Å². The average Bonchev–Trinajstić information content (AvgIpc) is 0.972. The molecule has 15 atom stereocenters. The monoisotopic (exact) mass is 1840 g/mol. The number of nitrogen functional groups attached to an aromatic ring is 1. The molecule has 8 N–H and O–H groups in total. The third-order valence-corrected chi connectivity index (χ3v) is 27.2. The molecule has 4 saturated heterocycles. The summed E-state index contributed by atoms with van der Waals surface area (Å²) in [4.78, 5) is 168. The molecule has 134 heavy (non-hydrogen) atoms. The summed E-state index contributed by atoms with van der Waals surface area (Å²) in [5.41, 5.74) is 22.2. The van der Waals surface area contributed by atoms with Crippen LogP contribution in [0.3, 0.4) is 0 Å². The van der Waals surface area contributed by atoms with Gasteiger partial charge < -0.3 is 89.8 Å². The number of benzene rings is 1. The number of carbonyl (C=O) groups is 8. The lowest BCUT2D eigenvalue weighted by molar-refractivity contribution is -0.265. The second-order valence-corrected chi connectivity index (χ2v) is 36.5. The molecule has 1 saturated carbocycles. The first-order valence-corrected chi connectivity index (χ1v) is 46.4. The van der Waals surface area contributed by atoms with E-state index in [1.165, 1.54) is 26.7 Å². The lowest BCUT2D eigenvalue weighted by Crippen LogP contribution is -2.61. The highest BCUT2D eigenvalue weighted by Gasteiger charge is 2.54. The first kappa shape index (κ1) is 97.8. The Morgan fingerprint density at radius 2 is 1.49 bits per heavy atom. The molecule has 37 heteroatoms. The Morgan fingerprint density at radius 3 is 2.21 bits per heavy atom. The number of guanidine groups is 1. The van der Waals surface area contributed by atoms with Gasteiger partial charge in [0.05, 0.1) is 35.8 Å². The third kappa shape index (κ3) is 23.0. The number of anilines is 3. The highest BCUT2D eigenvalue weighted by molar-refractivity contribution is 6.39. The van der Waals surface area contributed by atoms with Crippen molar-refractivity contribution in [2.24, 2.45) is 45.3 Å². The number of aliphatic imine (C=N–C) groups is 2. The maximum atomic E-state index is 14.8. The normalized spacial score (nSPS) is 27.8. The minimum atomic E-state index is -2.52. The Balaban J connectivity index is 0.529.